The van der Waals surface area contributed by atoms with Crippen molar-refractivity contribution in [2.45, 2.75) is 6.92 Å². The molecule has 0 fully saturated rings. The molecule has 2 aromatic heterocycles. The molecular formula is C15H12N4O. The Morgan fingerprint density at radius 1 is 1.00 bits per heavy atom. The van der Waals surface area contributed by atoms with Gasteiger partial charge in [0, 0.05) is 5.69 Å². The second kappa shape index (κ2) is 5.05. The summed E-state index contributed by atoms with van der Waals surface area (Å²) in [5.41, 5.74) is 2.56. The maximum atomic E-state index is 12.1. The number of hydrogen-bond acceptors (Lipinski definition) is 4. The molecule has 1 amide bonds. The second-order valence-electron chi connectivity index (χ2n) is 4.36. The maximum absolute atomic E-state index is 12.1. The number of rotatable bonds is 2. The number of aromatic nitrogens is 3. The molecule has 20 heavy (non-hydrogen) atoms. The van der Waals surface area contributed by atoms with Gasteiger partial charge in [0.2, 0.25) is 0 Å². The molecule has 0 unspecified atom stereocenters. The van der Waals surface area contributed by atoms with Gasteiger partial charge in [0.05, 0.1) is 17.2 Å². The van der Waals surface area contributed by atoms with Crippen LogP contribution >= 0.6 is 0 Å². The predicted octanol–water partition coefficient (Wildman–Crippen LogP) is 2.59. The van der Waals surface area contributed by atoms with E-state index in [2.05, 4.69) is 20.3 Å². The lowest BCUT2D eigenvalue weighted by Crippen LogP contribution is -2.15. The van der Waals surface area contributed by atoms with E-state index < -0.39 is 0 Å². The molecule has 0 aliphatic rings. The van der Waals surface area contributed by atoms with Gasteiger partial charge >= 0.3 is 0 Å². The normalized spacial score (nSPS) is 10.4. The molecule has 0 saturated heterocycles. The van der Waals surface area contributed by atoms with Crippen LogP contribution in [0.1, 0.15) is 16.2 Å². The Hall–Kier alpha value is -2.82. The largest absolute Gasteiger partial charge is 0.305 e. The highest BCUT2D eigenvalue weighted by molar-refractivity contribution is 6.02. The van der Waals surface area contributed by atoms with Crippen LogP contribution in [0.25, 0.3) is 11.0 Å². The molecular weight excluding hydrogens is 252 g/mol. The molecule has 0 spiro atoms. The molecule has 1 aromatic carbocycles. The van der Waals surface area contributed by atoms with Gasteiger partial charge in [-0.1, -0.05) is 18.2 Å². The second-order valence-corrected chi connectivity index (χ2v) is 4.36. The third-order valence-electron chi connectivity index (χ3n) is 2.81. The smallest absolute Gasteiger partial charge is 0.277 e. The van der Waals surface area contributed by atoms with Crippen molar-refractivity contribution < 1.29 is 4.79 Å². The Kier molecular flexibility index (Phi) is 3.09. The van der Waals surface area contributed by atoms with Crippen LogP contribution in [-0.2, 0) is 0 Å². The SMILES string of the molecule is Cc1cccc(NC(=O)c2cnc3ccccc3n2)n1. The van der Waals surface area contributed by atoms with E-state index >= 15 is 0 Å². The van der Waals surface area contributed by atoms with Crippen LogP contribution in [0.4, 0.5) is 5.82 Å². The van der Waals surface area contributed by atoms with Crippen molar-refractivity contribution in [2.75, 3.05) is 5.32 Å². The number of para-hydroxylation sites is 2. The number of nitrogens with zero attached hydrogens (tertiary/aromatic N) is 3. The topological polar surface area (TPSA) is 67.8 Å². The molecule has 0 aliphatic carbocycles. The van der Waals surface area contributed by atoms with Crippen molar-refractivity contribution in [3.63, 3.8) is 0 Å². The van der Waals surface area contributed by atoms with Crippen LogP contribution in [0.3, 0.4) is 0 Å². The number of nitrogens with one attached hydrogen (secondary N) is 1. The van der Waals surface area contributed by atoms with Crippen LogP contribution in [0.5, 0.6) is 0 Å². The highest BCUT2D eigenvalue weighted by Gasteiger charge is 2.10. The number of benzene rings is 1. The van der Waals surface area contributed by atoms with E-state index in [1.165, 1.54) is 6.20 Å². The third kappa shape index (κ3) is 2.47. The molecule has 0 aliphatic heterocycles. The quantitative estimate of drug-likeness (QED) is 0.772. The van der Waals surface area contributed by atoms with Gasteiger partial charge in [-0.15, -0.1) is 0 Å². The van der Waals surface area contributed by atoms with Gasteiger partial charge in [-0.05, 0) is 31.2 Å². The van der Waals surface area contributed by atoms with E-state index in [9.17, 15) is 4.79 Å². The van der Waals surface area contributed by atoms with Crippen LogP contribution in [0, 0.1) is 6.92 Å². The number of fused-ring (bicyclic) bond motifs is 1. The highest BCUT2D eigenvalue weighted by atomic mass is 16.1. The van der Waals surface area contributed by atoms with Crippen LogP contribution in [0.2, 0.25) is 0 Å². The number of pyridine rings is 1. The van der Waals surface area contributed by atoms with Crippen LogP contribution in [-0.4, -0.2) is 20.9 Å². The fraction of sp³-hybridized carbons (Fsp3) is 0.0667. The number of aryl methyl sites for hydroxylation is 1. The van der Waals surface area contributed by atoms with Gasteiger partial charge in [-0.2, -0.15) is 0 Å². The first kappa shape index (κ1) is 12.2. The number of amides is 1. The molecule has 3 aromatic rings. The lowest BCUT2D eigenvalue weighted by atomic mass is 10.3. The van der Waals surface area contributed by atoms with Gasteiger partial charge < -0.3 is 5.32 Å². The molecule has 1 N–H and O–H groups in total. The minimum atomic E-state index is -0.318. The lowest BCUT2D eigenvalue weighted by Gasteiger charge is -2.05. The maximum Gasteiger partial charge on any atom is 0.277 e. The van der Waals surface area contributed by atoms with Crippen molar-refractivity contribution >= 4 is 22.8 Å². The van der Waals surface area contributed by atoms with Crippen molar-refractivity contribution in [2.24, 2.45) is 0 Å². The zero-order valence-corrected chi connectivity index (χ0v) is 10.9. The first-order chi connectivity index (χ1) is 9.72. The Morgan fingerprint density at radius 3 is 2.60 bits per heavy atom. The van der Waals surface area contributed by atoms with E-state index in [1.54, 1.807) is 6.07 Å². The summed E-state index contributed by atoms with van der Waals surface area (Å²) in [7, 11) is 0. The number of hydrogen-bond donors (Lipinski definition) is 1. The highest BCUT2D eigenvalue weighted by Crippen LogP contribution is 2.10. The third-order valence-corrected chi connectivity index (χ3v) is 2.81. The first-order valence-electron chi connectivity index (χ1n) is 6.19. The number of carbonyl (C=O) groups is 1. The van der Waals surface area contributed by atoms with Gasteiger partial charge in [0.1, 0.15) is 11.5 Å². The summed E-state index contributed by atoms with van der Waals surface area (Å²) >= 11 is 0. The molecule has 0 saturated carbocycles. The minimum Gasteiger partial charge on any atom is -0.305 e. The number of anilines is 1. The molecule has 3 rings (SSSR count). The molecule has 2 heterocycles. The molecule has 5 heteroatoms. The average molecular weight is 264 g/mol. The predicted molar refractivity (Wildman–Crippen MR) is 76.5 cm³/mol. The molecule has 5 nitrogen and oxygen atoms in total. The monoisotopic (exact) mass is 264 g/mol. The zero-order valence-electron chi connectivity index (χ0n) is 10.9. The fourth-order valence-electron chi connectivity index (χ4n) is 1.86. The summed E-state index contributed by atoms with van der Waals surface area (Å²) in [5, 5.41) is 2.71. The van der Waals surface area contributed by atoms with Crippen molar-refractivity contribution in [1.29, 1.82) is 0 Å². The summed E-state index contributed by atoms with van der Waals surface area (Å²) in [6.45, 7) is 1.87. The first-order valence-corrected chi connectivity index (χ1v) is 6.19. The van der Waals surface area contributed by atoms with Crippen molar-refractivity contribution in [3.8, 4) is 0 Å². The summed E-state index contributed by atoms with van der Waals surface area (Å²) in [6, 6.07) is 12.9. The van der Waals surface area contributed by atoms with E-state index in [1.807, 2.05) is 43.3 Å². The Morgan fingerprint density at radius 2 is 1.80 bits per heavy atom. The zero-order chi connectivity index (χ0) is 13.9. The Labute approximate surface area is 115 Å². The van der Waals surface area contributed by atoms with Gasteiger partial charge in [-0.3, -0.25) is 9.78 Å². The molecule has 0 radical (unpaired) electrons. The summed E-state index contributed by atoms with van der Waals surface area (Å²) in [4.78, 5) is 24.8. The van der Waals surface area contributed by atoms with Crippen LogP contribution in [0.15, 0.2) is 48.7 Å². The summed E-state index contributed by atoms with van der Waals surface area (Å²) < 4.78 is 0. The molecule has 0 atom stereocenters. The van der Waals surface area contributed by atoms with Gasteiger partial charge in [0.15, 0.2) is 0 Å². The Balaban J connectivity index is 1.88. The Bertz CT molecular complexity index is 785. The van der Waals surface area contributed by atoms with Gasteiger partial charge in [-0.25, -0.2) is 9.97 Å². The molecule has 0 bridgehead atoms. The standard InChI is InChI=1S/C15H12N4O/c1-10-5-4-8-14(17-10)19-15(20)13-9-16-11-6-2-3-7-12(11)18-13/h2-9H,1H3,(H,17,19,20). The van der Waals surface area contributed by atoms with E-state index in [4.69, 9.17) is 0 Å². The van der Waals surface area contributed by atoms with E-state index in [0.717, 1.165) is 11.2 Å². The van der Waals surface area contributed by atoms with Crippen LogP contribution < -0.4 is 5.32 Å². The van der Waals surface area contributed by atoms with Gasteiger partial charge in [0.25, 0.3) is 5.91 Å². The summed E-state index contributed by atoms with van der Waals surface area (Å²) in [5.74, 6) is 0.186. The average Bonchev–Trinajstić information content (AvgIpc) is 2.47. The van der Waals surface area contributed by atoms with Crippen molar-refractivity contribution in [1.82, 2.24) is 15.0 Å². The lowest BCUT2D eigenvalue weighted by molar-refractivity contribution is 0.102. The number of carbonyl (C=O) groups excluding carboxylic acids is 1. The van der Waals surface area contributed by atoms with E-state index in [0.29, 0.717) is 11.3 Å². The minimum absolute atomic E-state index is 0.270. The van der Waals surface area contributed by atoms with E-state index in [-0.39, 0.29) is 11.6 Å². The molecule has 98 valence electrons. The summed E-state index contributed by atoms with van der Waals surface area (Å²) in [6.07, 6.45) is 1.47. The van der Waals surface area contributed by atoms with Crippen molar-refractivity contribution in [3.05, 3.63) is 60.0 Å². The fourth-order valence-corrected chi connectivity index (χ4v) is 1.86.